The average molecular weight is 376 g/mol. The number of hydrogen-bond donors (Lipinski definition) is 1. The molecule has 1 N–H and O–H groups in total. The van der Waals surface area contributed by atoms with Crippen molar-refractivity contribution in [1.82, 2.24) is 4.72 Å². The van der Waals surface area contributed by atoms with Crippen molar-refractivity contribution in [3.05, 3.63) is 28.7 Å². The van der Waals surface area contributed by atoms with Crippen molar-refractivity contribution in [2.24, 2.45) is 0 Å². The second kappa shape index (κ2) is 8.27. The highest BCUT2D eigenvalue weighted by Crippen LogP contribution is 2.20. The van der Waals surface area contributed by atoms with Crippen molar-refractivity contribution in [1.29, 1.82) is 0 Å². The Kier molecular flexibility index (Phi) is 6.67. The minimum atomic E-state index is -3.42. The summed E-state index contributed by atoms with van der Waals surface area (Å²) in [5, 5.41) is 0. The lowest BCUT2D eigenvalue weighted by molar-refractivity contribution is 0.0278. The number of benzene rings is 1. The molecular weight excluding hydrogens is 354 g/mol. The highest BCUT2D eigenvalue weighted by Gasteiger charge is 2.15. The van der Waals surface area contributed by atoms with Gasteiger partial charge in [0.2, 0.25) is 10.0 Å². The van der Waals surface area contributed by atoms with E-state index in [1.165, 1.54) is 19.3 Å². The third-order valence-electron chi connectivity index (χ3n) is 3.63. The molecule has 21 heavy (non-hydrogen) atoms. The summed E-state index contributed by atoms with van der Waals surface area (Å²) in [7, 11) is -3.42. The molecule has 0 unspecified atom stereocenters. The summed E-state index contributed by atoms with van der Waals surface area (Å²) in [5.74, 6) is 0. The Morgan fingerprint density at radius 1 is 1.24 bits per heavy atom. The van der Waals surface area contributed by atoms with Gasteiger partial charge in [0.15, 0.2) is 0 Å². The van der Waals surface area contributed by atoms with Gasteiger partial charge < -0.3 is 4.74 Å². The van der Waals surface area contributed by atoms with Gasteiger partial charge in [0.25, 0.3) is 0 Å². The Balaban J connectivity index is 1.70. The second-order valence-electron chi connectivity index (χ2n) is 5.34. The third-order valence-corrected chi connectivity index (χ3v) is 5.58. The highest BCUT2D eigenvalue weighted by molar-refractivity contribution is 9.10. The minimum Gasteiger partial charge on any atom is -0.378 e. The van der Waals surface area contributed by atoms with Gasteiger partial charge >= 0.3 is 0 Å². The maximum Gasteiger partial charge on any atom is 0.240 e. The van der Waals surface area contributed by atoms with Crippen molar-refractivity contribution in [2.45, 2.75) is 49.5 Å². The van der Waals surface area contributed by atoms with E-state index in [1.807, 2.05) is 0 Å². The summed E-state index contributed by atoms with van der Waals surface area (Å²) in [4.78, 5) is 0.282. The van der Waals surface area contributed by atoms with Crippen LogP contribution in [0.2, 0.25) is 0 Å². The average Bonchev–Trinajstić information content (AvgIpc) is 2.48. The molecule has 0 aromatic heterocycles. The van der Waals surface area contributed by atoms with Gasteiger partial charge in [0.1, 0.15) is 0 Å². The smallest absolute Gasteiger partial charge is 0.240 e. The van der Waals surface area contributed by atoms with E-state index in [-0.39, 0.29) is 4.90 Å². The van der Waals surface area contributed by atoms with Crippen LogP contribution in [0.5, 0.6) is 0 Å². The summed E-state index contributed by atoms with van der Waals surface area (Å²) >= 11 is 3.28. The number of ether oxygens (including phenoxy) is 1. The van der Waals surface area contributed by atoms with Crippen LogP contribution >= 0.6 is 15.9 Å². The molecule has 118 valence electrons. The molecule has 6 heteroatoms. The van der Waals surface area contributed by atoms with Gasteiger partial charge in [0, 0.05) is 17.6 Å². The van der Waals surface area contributed by atoms with Crippen LogP contribution in [0.1, 0.15) is 38.5 Å². The molecule has 0 spiro atoms. The molecule has 1 saturated carbocycles. The summed E-state index contributed by atoms with van der Waals surface area (Å²) in [6.07, 6.45) is 7.17. The third kappa shape index (κ3) is 5.70. The van der Waals surface area contributed by atoms with Crippen molar-refractivity contribution in [2.75, 3.05) is 13.2 Å². The van der Waals surface area contributed by atoms with Crippen LogP contribution in [0.4, 0.5) is 0 Å². The molecule has 1 fully saturated rings. The number of rotatable bonds is 7. The van der Waals surface area contributed by atoms with Crippen molar-refractivity contribution < 1.29 is 13.2 Å². The molecule has 0 aliphatic heterocycles. The van der Waals surface area contributed by atoms with Crippen molar-refractivity contribution in [3.8, 4) is 0 Å². The number of sulfonamides is 1. The minimum absolute atomic E-state index is 0.282. The summed E-state index contributed by atoms with van der Waals surface area (Å²) in [6.45, 7) is 1.02. The molecule has 1 aromatic rings. The molecule has 0 atom stereocenters. The fraction of sp³-hybridized carbons (Fsp3) is 0.600. The Labute approximate surface area is 135 Å². The lowest BCUT2D eigenvalue weighted by Gasteiger charge is -2.21. The lowest BCUT2D eigenvalue weighted by atomic mass is 9.98. The molecule has 0 heterocycles. The normalized spacial score (nSPS) is 17.0. The molecule has 0 bridgehead atoms. The fourth-order valence-corrected chi connectivity index (χ4v) is 4.15. The molecule has 1 aliphatic rings. The van der Waals surface area contributed by atoms with Gasteiger partial charge in [-0.3, -0.25) is 0 Å². The zero-order valence-electron chi connectivity index (χ0n) is 12.1. The molecule has 0 saturated heterocycles. The predicted molar refractivity (Wildman–Crippen MR) is 86.8 cm³/mol. The Morgan fingerprint density at radius 3 is 2.71 bits per heavy atom. The topological polar surface area (TPSA) is 55.4 Å². The van der Waals surface area contributed by atoms with Crippen LogP contribution in [-0.2, 0) is 14.8 Å². The van der Waals surface area contributed by atoms with Crippen molar-refractivity contribution >= 4 is 26.0 Å². The van der Waals surface area contributed by atoms with E-state index in [9.17, 15) is 8.42 Å². The first kappa shape index (κ1) is 16.9. The predicted octanol–water partition coefficient (Wildman–Crippen LogP) is 3.47. The van der Waals surface area contributed by atoms with E-state index in [0.717, 1.165) is 17.3 Å². The Hall–Kier alpha value is -0.430. The molecule has 0 amide bonds. The molecule has 1 aliphatic carbocycles. The van der Waals surface area contributed by atoms with Gasteiger partial charge in [-0.05, 0) is 37.5 Å². The lowest BCUT2D eigenvalue weighted by Crippen LogP contribution is -2.26. The number of hydrogen-bond acceptors (Lipinski definition) is 3. The summed E-state index contributed by atoms with van der Waals surface area (Å²) in [5.41, 5.74) is 0. The van der Waals surface area contributed by atoms with E-state index >= 15 is 0 Å². The maximum absolute atomic E-state index is 12.1. The SMILES string of the molecule is O=S(=O)(NCCCOC1CCCCC1)c1cccc(Br)c1. The Morgan fingerprint density at radius 2 is 2.00 bits per heavy atom. The number of nitrogens with one attached hydrogen (secondary N) is 1. The maximum atomic E-state index is 12.1. The highest BCUT2D eigenvalue weighted by atomic mass is 79.9. The van der Waals surface area contributed by atoms with Crippen LogP contribution in [-0.4, -0.2) is 27.7 Å². The first-order valence-corrected chi connectivity index (χ1v) is 9.72. The summed E-state index contributed by atoms with van der Waals surface area (Å²) < 4.78 is 33.3. The van der Waals surface area contributed by atoms with Crippen LogP contribution in [0.15, 0.2) is 33.6 Å². The van der Waals surface area contributed by atoms with Gasteiger partial charge in [-0.15, -0.1) is 0 Å². The van der Waals surface area contributed by atoms with E-state index in [1.54, 1.807) is 24.3 Å². The number of halogens is 1. The van der Waals surface area contributed by atoms with E-state index < -0.39 is 10.0 Å². The second-order valence-corrected chi connectivity index (χ2v) is 8.02. The Bertz CT molecular complexity index is 542. The molecule has 1 aromatic carbocycles. The van der Waals surface area contributed by atoms with Crippen molar-refractivity contribution in [3.63, 3.8) is 0 Å². The van der Waals surface area contributed by atoms with Gasteiger partial charge in [0.05, 0.1) is 11.0 Å². The van der Waals surface area contributed by atoms with Crippen LogP contribution in [0.25, 0.3) is 0 Å². The first-order valence-electron chi connectivity index (χ1n) is 7.45. The van der Waals surface area contributed by atoms with Gasteiger partial charge in [-0.2, -0.15) is 0 Å². The van der Waals surface area contributed by atoms with Crippen LogP contribution < -0.4 is 4.72 Å². The van der Waals surface area contributed by atoms with Crippen LogP contribution in [0, 0.1) is 0 Å². The van der Waals surface area contributed by atoms with Gasteiger partial charge in [-0.25, -0.2) is 13.1 Å². The van der Waals surface area contributed by atoms with E-state index in [4.69, 9.17) is 4.74 Å². The standard InChI is InChI=1S/C15H22BrNO3S/c16-13-6-4-9-15(12-13)21(18,19)17-10-5-11-20-14-7-2-1-3-8-14/h4,6,9,12,14,17H,1-3,5,7-8,10-11H2. The molecular formula is C15H22BrNO3S. The summed E-state index contributed by atoms with van der Waals surface area (Å²) in [6, 6.07) is 6.70. The molecule has 2 rings (SSSR count). The zero-order valence-corrected chi connectivity index (χ0v) is 14.5. The zero-order chi connectivity index (χ0) is 15.1. The quantitative estimate of drug-likeness (QED) is 0.742. The van der Waals surface area contributed by atoms with E-state index in [2.05, 4.69) is 20.7 Å². The first-order chi connectivity index (χ1) is 10.1. The van der Waals surface area contributed by atoms with Gasteiger partial charge in [-0.1, -0.05) is 41.3 Å². The largest absolute Gasteiger partial charge is 0.378 e. The van der Waals surface area contributed by atoms with E-state index in [0.29, 0.717) is 25.7 Å². The molecule has 4 nitrogen and oxygen atoms in total. The molecule has 0 radical (unpaired) electrons. The monoisotopic (exact) mass is 375 g/mol. The van der Waals surface area contributed by atoms with Crippen LogP contribution in [0.3, 0.4) is 0 Å². The fourth-order valence-electron chi connectivity index (χ4n) is 2.48.